The first kappa shape index (κ1) is 54.0. The number of halogens is 2. The van der Waals surface area contributed by atoms with Gasteiger partial charge in [-0.05, 0) is 84.3 Å². The Labute approximate surface area is 441 Å². The molecular weight excluding hydrogens is 970 g/mol. The summed E-state index contributed by atoms with van der Waals surface area (Å²) in [5.41, 5.74) is 2.70. The number of aromatic nitrogens is 2. The fraction of sp³-hybridized carbons (Fsp3) is 0.370. The van der Waals surface area contributed by atoms with Gasteiger partial charge in [0.25, 0.3) is 0 Å². The van der Waals surface area contributed by atoms with Gasteiger partial charge in [0.15, 0.2) is 35.4 Å². The summed E-state index contributed by atoms with van der Waals surface area (Å²) in [6.45, 7) is 11.4. The SMILES string of the molecule is CC1Cc2ccc3c(c2)C2(c4cc(F)ccc4N[C@@H]2O3)c2oc(nc2C(=O)O)C(C(C)C)NC1=O.CO.COC(=O)c1nc2oc1C13c4cc(F)ccc4N[C@@H]1Oc1ccc(cc13)CC(C)C(=O)NC2C(C)C.[Li+].[OH-]. The van der Waals surface area contributed by atoms with Crippen molar-refractivity contribution in [3.63, 3.8) is 0 Å². The van der Waals surface area contributed by atoms with Crippen molar-refractivity contribution in [3.8, 4) is 11.5 Å². The van der Waals surface area contributed by atoms with E-state index >= 15 is 0 Å². The molecule has 0 saturated carbocycles. The molecule has 2 amide bonds. The number of amides is 2. The van der Waals surface area contributed by atoms with E-state index < -0.39 is 58.9 Å². The van der Waals surface area contributed by atoms with Gasteiger partial charge < -0.3 is 60.0 Å². The Kier molecular flexibility index (Phi) is 14.5. The van der Waals surface area contributed by atoms with Crippen LogP contribution < -0.4 is 49.6 Å². The molecule has 0 radical (unpaired) electrons. The zero-order chi connectivity index (χ0) is 52.0. The second kappa shape index (κ2) is 20.1. The van der Waals surface area contributed by atoms with E-state index in [1.54, 1.807) is 18.2 Å². The molecule has 4 aromatic carbocycles. The molecule has 7 N–H and O–H groups in total. The van der Waals surface area contributed by atoms with E-state index in [0.717, 1.165) is 18.2 Å². The summed E-state index contributed by atoms with van der Waals surface area (Å²) in [7, 11) is 2.27. The Morgan fingerprint density at radius 1 is 0.653 bits per heavy atom. The van der Waals surface area contributed by atoms with Gasteiger partial charge in [-0.1, -0.05) is 65.8 Å². The van der Waals surface area contributed by atoms with Crippen LogP contribution in [0.2, 0.25) is 0 Å². The molecular formula is C54H55F2LiN6O12. The summed E-state index contributed by atoms with van der Waals surface area (Å²) in [6, 6.07) is 18.9. The van der Waals surface area contributed by atoms with Crippen LogP contribution in [0.1, 0.15) is 131 Å². The number of oxazole rings is 2. The molecule has 18 nitrogen and oxygen atoms in total. The van der Waals surface area contributed by atoms with E-state index in [1.807, 2.05) is 71.9 Å². The van der Waals surface area contributed by atoms with Crippen molar-refractivity contribution in [3.05, 3.63) is 153 Å². The number of nitrogens with zero attached hydrogens (tertiary/aromatic N) is 2. The Balaban J connectivity index is 0.000000188. The van der Waals surface area contributed by atoms with Crippen LogP contribution in [-0.4, -0.2) is 76.1 Å². The van der Waals surface area contributed by atoms with Crippen molar-refractivity contribution in [2.45, 2.75) is 89.8 Å². The van der Waals surface area contributed by atoms with Gasteiger partial charge in [0.2, 0.25) is 23.6 Å². The van der Waals surface area contributed by atoms with Crippen LogP contribution >= 0.6 is 0 Å². The second-order valence-corrected chi connectivity index (χ2v) is 19.9. The number of carboxylic acids is 1. The zero-order valence-electron chi connectivity index (χ0n) is 42.6. The molecule has 0 aliphatic carbocycles. The van der Waals surface area contributed by atoms with E-state index in [1.165, 1.54) is 31.4 Å². The number of benzene rings is 4. The third-order valence-corrected chi connectivity index (χ3v) is 14.6. The number of hydrogen-bond acceptors (Lipinski definition) is 15. The zero-order valence-corrected chi connectivity index (χ0v) is 42.6. The van der Waals surface area contributed by atoms with Gasteiger partial charge in [-0.3, -0.25) is 9.59 Å². The minimum absolute atomic E-state index is 0. The number of esters is 1. The normalized spacial score (nSPS) is 24.5. The minimum atomic E-state index is -1.28. The first-order valence-electron chi connectivity index (χ1n) is 24.1. The summed E-state index contributed by atoms with van der Waals surface area (Å²) >= 11 is 0. The van der Waals surface area contributed by atoms with Crippen molar-refractivity contribution in [2.24, 2.45) is 23.7 Å². The Hall–Kier alpha value is -7.24. The van der Waals surface area contributed by atoms with Crippen LogP contribution in [0.5, 0.6) is 11.5 Å². The molecule has 0 saturated heterocycles. The molecule has 8 atom stereocenters. The standard InChI is InChI=1S/C27H26FN3O5.C26H24FN3O5.CH4O.Li.H2O/c1-12(2)20-24-31-21(25(33)34-4)22(36-24)27-16-11-15(28)6-7-18(16)29-26(27)35-19-8-5-14(10-17(19)27)9-13(3)23(32)30-20;1-11(2)19-23-30-20(24(32)33)21(35-23)26-15-10-14(27)5-6-17(15)28-25(26)34-18-7-4-13(9-16(18)26)8-12(3)22(31)29-19;1-2;;/h5-8,10-13,20,26,29H,9H2,1-4H3,(H,30,32);4-7,9-12,19,25,28H,8H2,1-3H3,(H,29,31)(H,32,33);2H,1H3;;1H2/q;;;+1;/p-1/t13?,20?,26-,27?;12?,19?,25-,26?;;;/m11.../s1. The number of anilines is 2. The summed E-state index contributed by atoms with van der Waals surface area (Å²) < 4.78 is 59.7. The van der Waals surface area contributed by atoms with Crippen LogP contribution in [0.15, 0.2) is 81.6 Å². The fourth-order valence-corrected chi connectivity index (χ4v) is 11.1. The van der Waals surface area contributed by atoms with Crippen molar-refractivity contribution in [1.29, 1.82) is 0 Å². The summed E-state index contributed by atoms with van der Waals surface area (Å²) in [4.78, 5) is 60.6. The third-order valence-electron chi connectivity index (χ3n) is 14.6. The molecule has 6 aliphatic heterocycles. The van der Waals surface area contributed by atoms with Gasteiger partial charge in [-0.15, -0.1) is 0 Å². The van der Waals surface area contributed by atoms with Crippen molar-refractivity contribution < 1.29 is 85.6 Å². The molecule has 21 heteroatoms. The maximum Gasteiger partial charge on any atom is 1.00 e. The second-order valence-electron chi connectivity index (χ2n) is 19.9. The number of carboxylic acid groups (broad SMARTS) is 1. The smallest absolute Gasteiger partial charge is 0.870 e. The number of rotatable bonds is 4. The first-order valence-corrected chi connectivity index (χ1v) is 24.1. The van der Waals surface area contributed by atoms with E-state index in [4.69, 9.17) is 28.2 Å². The molecule has 8 heterocycles. The molecule has 75 heavy (non-hydrogen) atoms. The van der Waals surface area contributed by atoms with Gasteiger partial charge in [-0.2, -0.15) is 0 Å². The number of carbonyl (C=O) groups is 4. The quantitative estimate of drug-likeness (QED) is 0.105. The minimum Gasteiger partial charge on any atom is -0.870 e. The van der Waals surface area contributed by atoms with Crippen LogP contribution in [-0.2, 0) is 38.0 Å². The van der Waals surface area contributed by atoms with E-state index in [9.17, 15) is 33.1 Å². The van der Waals surface area contributed by atoms with Crippen molar-refractivity contribution >= 4 is 35.1 Å². The van der Waals surface area contributed by atoms with Gasteiger partial charge in [0.1, 0.15) is 46.0 Å². The van der Waals surface area contributed by atoms with E-state index in [2.05, 4.69) is 31.2 Å². The van der Waals surface area contributed by atoms with Crippen LogP contribution in [0.4, 0.5) is 20.2 Å². The van der Waals surface area contributed by atoms with Gasteiger partial charge in [0, 0.05) is 52.6 Å². The molecule has 388 valence electrons. The molecule has 2 aromatic heterocycles. The number of methoxy groups -OCH3 is 1. The number of ether oxygens (including phenoxy) is 3. The number of aliphatic hydroxyl groups excluding tert-OH is 1. The molecule has 8 bridgehead atoms. The summed E-state index contributed by atoms with van der Waals surface area (Å²) in [6.07, 6.45) is -0.525. The average molecular weight is 1030 g/mol. The molecule has 2 spiro atoms. The number of carbonyl (C=O) groups excluding carboxylic acids is 3. The first-order chi connectivity index (χ1) is 34.9. The Bertz CT molecular complexity index is 3250. The van der Waals surface area contributed by atoms with Crippen molar-refractivity contribution in [1.82, 2.24) is 20.6 Å². The van der Waals surface area contributed by atoms with Crippen LogP contribution in [0, 0.1) is 35.3 Å². The van der Waals surface area contributed by atoms with Crippen LogP contribution in [0.25, 0.3) is 0 Å². The van der Waals surface area contributed by atoms with Gasteiger partial charge in [0.05, 0.1) is 7.11 Å². The maximum atomic E-state index is 14.7. The number of aromatic carboxylic acids is 1. The summed E-state index contributed by atoms with van der Waals surface area (Å²) in [5.74, 6) is -2.48. The molecule has 6 aromatic rings. The largest absolute Gasteiger partial charge is 1.00 e. The topological polar surface area (TPSA) is 267 Å². The molecule has 0 fully saturated rings. The molecule has 6 aliphatic rings. The third kappa shape index (κ3) is 8.38. The predicted octanol–water partition coefficient (Wildman–Crippen LogP) is 4.52. The Morgan fingerprint density at radius 3 is 1.47 bits per heavy atom. The number of hydrogen-bond donors (Lipinski definition) is 6. The average Bonchev–Trinajstić information content (AvgIpc) is 4.21. The van der Waals surface area contributed by atoms with Crippen molar-refractivity contribution in [2.75, 3.05) is 24.9 Å². The monoisotopic (exact) mass is 1020 g/mol. The maximum absolute atomic E-state index is 14.7. The number of aliphatic hydroxyl groups is 1. The van der Waals surface area contributed by atoms with Gasteiger partial charge >= 0.3 is 30.8 Å². The van der Waals surface area contributed by atoms with E-state index in [0.29, 0.717) is 58.0 Å². The molecule has 12 rings (SSSR count). The fourth-order valence-electron chi connectivity index (χ4n) is 11.1. The Morgan fingerprint density at radius 2 is 1.07 bits per heavy atom. The summed E-state index contributed by atoms with van der Waals surface area (Å²) in [5, 5.41) is 29.8. The predicted molar refractivity (Wildman–Crippen MR) is 260 cm³/mol. The van der Waals surface area contributed by atoms with Gasteiger partial charge in [-0.25, -0.2) is 28.3 Å². The number of fused-ring (bicyclic) bond motifs is 8. The van der Waals surface area contributed by atoms with Crippen LogP contribution in [0.3, 0.4) is 0 Å². The molecule has 6 unspecified atom stereocenters. The van der Waals surface area contributed by atoms with E-state index in [-0.39, 0.29) is 94.5 Å². The number of nitrogens with one attached hydrogen (secondary N) is 4.